The molecule has 0 amide bonds. The van der Waals surface area contributed by atoms with Gasteiger partial charge in [-0.15, -0.1) is 11.3 Å². The molecule has 4 heteroatoms. The van der Waals surface area contributed by atoms with Crippen molar-refractivity contribution < 1.29 is 0 Å². The molecule has 90 valence electrons. The van der Waals surface area contributed by atoms with E-state index in [-0.39, 0.29) is 0 Å². The molecule has 1 aromatic heterocycles. The highest BCUT2D eigenvalue weighted by Gasteiger charge is 2.11. The Morgan fingerprint density at radius 1 is 1.35 bits per heavy atom. The van der Waals surface area contributed by atoms with Crippen molar-refractivity contribution in [3.8, 4) is 10.6 Å². The Hall–Kier alpha value is -0.710. The lowest BCUT2D eigenvalue weighted by Gasteiger charge is -2.03. The van der Waals surface area contributed by atoms with E-state index in [2.05, 4.69) is 58.3 Å². The van der Waals surface area contributed by atoms with E-state index in [0.717, 1.165) is 21.0 Å². The molecule has 0 unspecified atom stereocenters. The van der Waals surface area contributed by atoms with Crippen molar-refractivity contribution in [2.45, 2.75) is 20.4 Å². The summed E-state index contributed by atoms with van der Waals surface area (Å²) in [5.41, 5.74) is 4.87. The van der Waals surface area contributed by atoms with Crippen LogP contribution in [-0.2, 0) is 6.54 Å². The lowest BCUT2D eigenvalue weighted by molar-refractivity contribution is 0.795. The van der Waals surface area contributed by atoms with Gasteiger partial charge >= 0.3 is 0 Å². The van der Waals surface area contributed by atoms with E-state index in [1.165, 1.54) is 16.7 Å². The second-order valence-electron chi connectivity index (χ2n) is 4.09. The number of rotatable bonds is 3. The average Bonchev–Trinajstić information content (AvgIpc) is 2.60. The van der Waals surface area contributed by atoms with Crippen LogP contribution in [-0.4, -0.2) is 12.0 Å². The standard InChI is InChI=1S/C13H15BrN2S/c1-8-4-5-10(9(2)6-8)13-16-11(7-15-3)12(14)17-13/h4-6,15H,7H2,1-3H3. The normalized spacial score (nSPS) is 10.8. The predicted octanol–water partition coefficient (Wildman–Crippen LogP) is 3.91. The molecular weight excluding hydrogens is 296 g/mol. The third-order valence-corrected chi connectivity index (χ3v) is 4.47. The smallest absolute Gasteiger partial charge is 0.125 e. The van der Waals surface area contributed by atoms with Gasteiger partial charge in [-0.3, -0.25) is 0 Å². The molecule has 0 radical (unpaired) electrons. The number of halogens is 1. The molecule has 0 bridgehead atoms. The zero-order chi connectivity index (χ0) is 12.4. The number of nitrogens with zero attached hydrogens (tertiary/aromatic N) is 1. The molecule has 2 aromatic rings. The van der Waals surface area contributed by atoms with Crippen molar-refractivity contribution in [1.29, 1.82) is 0 Å². The molecule has 0 saturated carbocycles. The molecule has 1 aromatic carbocycles. The maximum Gasteiger partial charge on any atom is 0.125 e. The largest absolute Gasteiger partial charge is 0.314 e. The van der Waals surface area contributed by atoms with E-state index in [9.17, 15) is 0 Å². The molecule has 0 aliphatic heterocycles. The summed E-state index contributed by atoms with van der Waals surface area (Å²) in [4.78, 5) is 4.67. The van der Waals surface area contributed by atoms with Crippen LogP contribution in [0.25, 0.3) is 10.6 Å². The van der Waals surface area contributed by atoms with E-state index >= 15 is 0 Å². The van der Waals surface area contributed by atoms with Gasteiger partial charge in [0.1, 0.15) is 5.01 Å². The van der Waals surface area contributed by atoms with Gasteiger partial charge in [0, 0.05) is 12.1 Å². The van der Waals surface area contributed by atoms with Crippen LogP contribution in [0.1, 0.15) is 16.8 Å². The molecule has 0 aliphatic carbocycles. The summed E-state index contributed by atoms with van der Waals surface area (Å²) in [6, 6.07) is 6.48. The minimum atomic E-state index is 0.794. The van der Waals surface area contributed by atoms with Gasteiger partial charge in [0.2, 0.25) is 0 Å². The number of hydrogen-bond donors (Lipinski definition) is 1. The first-order chi connectivity index (χ1) is 8.11. The Kier molecular flexibility index (Phi) is 3.97. The molecule has 0 spiro atoms. The minimum Gasteiger partial charge on any atom is -0.314 e. The first-order valence-electron chi connectivity index (χ1n) is 5.49. The molecule has 0 fully saturated rings. The van der Waals surface area contributed by atoms with Gasteiger partial charge in [0.15, 0.2) is 0 Å². The zero-order valence-electron chi connectivity index (χ0n) is 10.2. The summed E-state index contributed by atoms with van der Waals surface area (Å²) in [5.74, 6) is 0. The Labute approximate surface area is 114 Å². The molecule has 2 nitrogen and oxygen atoms in total. The van der Waals surface area contributed by atoms with Gasteiger partial charge in [0.25, 0.3) is 0 Å². The molecule has 1 N–H and O–H groups in total. The Balaban J connectivity index is 2.42. The number of hydrogen-bond acceptors (Lipinski definition) is 3. The number of aromatic nitrogens is 1. The topological polar surface area (TPSA) is 24.9 Å². The molecule has 0 aliphatic rings. The molecular formula is C13H15BrN2S. The van der Waals surface area contributed by atoms with Crippen LogP contribution < -0.4 is 5.32 Å². The highest BCUT2D eigenvalue weighted by Crippen LogP contribution is 2.33. The number of aryl methyl sites for hydroxylation is 2. The summed E-state index contributed by atoms with van der Waals surface area (Å²) in [5, 5.41) is 4.21. The van der Waals surface area contributed by atoms with E-state index in [1.54, 1.807) is 11.3 Å². The van der Waals surface area contributed by atoms with Crippen LogP contribution in [0.4, 0.5) is 0 Å². The fourth-order valence-corrected chi connectivity index (χ4v) is 3.37. The first kappa shape index (κ1) is 12.7. The van der Waals surface area contributed by atoms with Crippen molar-refractivity contribution in [3.63, 3.8) is 0 Å². The van der Waals surface area contributed by atoms with Gasteiger partial charge in [0.05, 0.1) is 9.48 Å². The zero-order valence-corrected chi connectivity index (χ0v) is 12.6. The molecule has 0 atom stereocenters. The van der Waals surface area contributed by atoms with Crippen molar-refractivity contribution in [2.24, 2.45) is 0 Å². The Morgan fingerprint density at radius 3 is 2.76 bits per heavy atom. The molecule has 0 saturated heterocycles. The van der Waals surface area contributed by atoms with E-state index in [0.29, 0.717) is 0 Å². The molecule has 17 heavy (non-hydrogen) atoms. The number of thiazole rings is 1. The Bertz CT molecular complexity index is 534. The summed E-state index contributed by atoms with van der Waals surface area (Å²) in [6.45, 7) is 5.04. The fourth-order valence-electron chi connectivity index (χ4n) is 1.78. The van der Waals surface area contributed by atoms with Crippen LogP contribution in [0.3, 0.4) is 0 Å². The van der Waals surface area contributed by atoms with E-state index in [4.69, 9.17) is 0 Å². The molecule has 1 heterocycles. The highest BCUT2D eigenvalue weighted by molar-refractivity contribution is 9.11. The van der Waals surface area contributed by atoms with Gasteiger partial charge < -0.3 is 5.32 Å². The quantitative estimate of drug-likeness (QED) is 0.929. The van der Waals surface area contributed by atoms with Gasteiger partial charge in [-0.05, 0) is 42.4 Å². The summed E-state index contributed by atoms with van der Waals surface area (Å²) >= 11 is 5.26. The fraction of sp³-hybridized carbons (Fsp3) is 0.308. The highest BCUT2D eigenvalue weighted by atomic mass is 79.9. The van der Waals surface area contributed by atoms with Crippen LogP contribution in [0.15, 0.2) is 22.0 Å². The van der Waals surface area contributed by atoms with Gasteiger partial charge in [-0.2, -0.15) is 0 Å². The third-order valence-electron chi connectivity index (χ3n) is 2.61. The SMILES string of the molecule is CNCc1nc(-c2ccc(C)cc2C)sc1Br. The summed E-state index contributed by atoms with van der Waals surface area (Å²) in [7, 11) is 1.93. The van der Waals surface area contributed by atoms with Crippen molar-refractivity contribution in [1.82, 2.24) is 10.3 Å². The third kappa shape index (κ3) is 2.76. The maximum absolute atomic E-state index is 4.67. The second-order valence-corrected chi connectivity index (χ2v) is 6.41. The summed E-state index contributed by atoms with van der Waals surface area (Å²) < 4.78 is 1.11. The summed E-state index contributed by atoms with van der Waals surface area (Å²) in [6.07, 6.45) is 0. The van der Waals surface area contributed by atoms with Gasteiger partial charge in [-0.25, -0.2) is 4.98 Å². The van der Waals surface area contributed by atoms with Crippen LogP contribution >= 0.6 is 27.3 Å². The monoisotopic (exact) mass is 310 g/mol. The average molecular weight is 311 g/mol. The van der Waals surface area contributed by atoms with E-state index < -0.39 is 0 Å². The predicted molar refractivity (Wildman–Crippen MR) is 77.5 cm³/mol. The minimum absolute atomic E-state index is 0.794. The van der Waals surface area contributed by atoms with Crippen LogP contribution in [0, 0.1) is 13.8 Å². The second kappa shape index (κ2) is 5.29. The Morgan fingerprint density at radius 2 is 2.12 bits per heavy atom. The van der Waals surface area contributed by atoms with Crippen LogP contribution in [0.5, 0.6) is 0 Å². The van der Waals surface area contributed by atoms with E-state index in [1.807, 2.05) is 7.05 Å². The van der Waals surface area contributed by atoms with Crippen molar-refractivity contribution in [3.05, 3.63) is 38.8 Å². The number of benzene rings is 1. The lowest BCUT2D eigenvalue weighted by Crippen LogP contribution is -2.05. The van der Waals surface area contributed by atoms with Crippen LogP contribution in [0.2, 0.25) is 0 Å². The lowest BCUT2D eigenvalue weighted by atomic mass is 10.1. The molecule has 2 rings (SSSR count). The maximum atomic E-state index is 4.67. The first-order valence-corrected chi connectivity index (χ1v) is 7.10. The number of nitrogens with one attached hydrogen (secondary N) is 1. The van der Waals surface area contributed by atoms with Crippen molar-refractivity contribution in [2.75, 3.05) is 7.05 Å². The van der Waals surface area contributed by atoms with Gasteiger partial charge in [-0.1, -0.05) is 23.8 Å². The van der Waals surface area contributed by atoms with Crippen molar-refractivity contribution >= 4 is 27.3 Å².